The Hall–Kier alpha value is -1.36. The van der Waals surface area contributed by atoms with Crippen LogP contribution in [-0.2, 0) is 17.6 Å². The molecule has 0 spiro atoms. The van der Waals surface area contributed by atoms with Crippen molar-refractivity contribution in [2.45, 2.75) is 52.9 Å². The minimum Gasteiger partial charge on any atom is -0.273 e. The normalized spacial score (nSPS) is 17.4. The molecule has 2 N–H and O–H groups in total. The van der Waals surface area contributed by atoms with Gasteiger partial charge in [0.2, 0.25) is 5.91 Å². The van der Waals surface area contributed by atoms with Gasteiger partial charge in [-0.05, 0) is 42.7 Å². The van der Waals surface area contributed by atoms with Gasteiger partial charge in [0.15, 0.2) is 0 Å². The van der Waals surface area contributed by atoms with Crippen LogP contribution in [0.15, 0.2) is 6.07 Å². The fraction of sp³-hybridized carbons (Fsp3) is 0.625. The van der Waals surface area contributed by atoms with E-state index in [-0.39, 0.29) is 17.7 Å². The van der Waals surface area contributed by atoms with Gasteiger partial charge in [0.05, 0.1) is 4.88 Å². The van der Waals surface area contributed by atoms with Crippen LogP contribution in [-0.4, -0.2) is 11.8 Å². The van der Waals surface area contributed by atoms with Crippen molar-refractivity contribution >= 4 is 23.2 Å². The molecule has 0 saturated heterocycles. The summed E-state index contributed by atoms with van der Waals surface area (Å²) < 4.78 is 0. The zero-order valence-electron chi connectivity index (χ0n) is 13.0. The maximum Gasteiger partial charge on any atom is 0.279 e. The molecule has 2 amide bonds. The second-order valence-electron chi connectivity index (χ2n) is 6.18. The minimum atomic E-state index is -0.209. The lowest BCUT2D eigenvalue weighted by molar-refractivity contribution is -0.122. The second kappa shape index (κ2) is 7.07. The molecule has 0 aliphatic heterocycles. The van der Waals surface area contributed by atoms with Crippen molar-refractivity contribution in [1.29, 1.82) is 0 Å². The Labute approximate surface area is 130 Å². The quantitative estimate of drug-likeness (QED) is 0.840. The van der Waals surface area contributed by atoms with Crippen LogP contribution in [0.25, 0.3) is 0 Å². The summed E-state index contributed by atoms with van der Waals surface area (Å²) >= 11 is 1.56. The van der Waals surface area contributed by atoms with Gasteiger partial charge in [-0.2, -0.15) is 0 Å². The summed E-state index contributed by atoms with van der Waals surface area (Å²) in [6.07, 6.45) is 4.98. The molecule has 1 aromatic rings. The molecule has 0 fully saturated rings. The number of nitrogens with one attached hydrogen (secondary N) is 2. The number of hydrazine groups is 1. The molecule has 1 aromatic heterocycles. The van der Waals surface area contributed by atoms with Crippen LogP contribution in [0.4, 0.5) is 0 Å². The molecule has 0 unspecified atom stereocenters. The maximum absolute atomic E-state index is 12.1. The Balaban J connectivity index is 1.92. The van der Waals surface area contributed by atoms with Gasteiger partial charge in [-0.1, -0.05) is 27.2 Å². The first-order valence-corrected chi connectivity index (χ1v) is 8.52. The topological polar surface area (TPSA) is 58.2 Å². The van der Waals surface area contributed by atoms with Gasteiger partial charge < -0.3 is 0 Å². The van der Waals surface area contributed by atoms with Crippen molar-refractivity contribution in [2.75, 3.05) is 0 Å². The zero-order chi connectivity index (χ0) is 15.4. The Morgan fingerprint density at radius 1 is 1.38 bits per heavy atom. The maximum atomic E-state index is 12.1. The molecule has 1 atom stereocenters. The van der Waals surface area contributed by atoms with Crippen LogP contribution < -0.4 is 10.9 Å². The van der Waals surface area contributed by atoms with Crippen LogP contribution in [0, 0.1) is 11.8 Å². The number of rotatable bonds is 4. The molecule has 1 heterocycles. The van der Waals surface area contributed by atoms with Crippen molar-refractivity contribution < 1.29 is 9.59 Å². The molecule has 1 aliphatic carbocycles. The summed E-state index contributed by atoms with van der Waals surface area (Å²) in [5.74, 6) is 0.668. The smallest absolute Gasteiger partial charge is 0.273 e. The first-order valence-electron chi connectivity index (χ1n) is 7.70. The number of hydrogen-bond donors (Lipinski definition) is 2. The molecule has 0 aromatic carbocycles. The van der Waals surface area contributed by atoms with E-state index in [2.05, 4.69) is 17.8 Å². The van der Waals surface area contributed by atoms with E-state index >= 15 is 0 Å². The fourth-order valence-corrected chi connectivity index (χ4v) is 3.77. The SMILES string of the molecule is CC[C@@H]1CCc2sc(C(=O)NNC(=O)CC(C)C)cc2C1. The number of carbonyl (C=O) groups excluding carboxylic acids is 2. The number of fused-ring (bicyclic) bond motifs is 1. The summed E-state index contributed by atoms with van der Waals surface area (Å²) in [7, 11) is 0. The van der Waals surface area contributed by atoms with E-state index < -0.39 is 0 Å². The lowest BCUT2D eigenvalue weighted by Crippen LogP contribution is -2.41. The fourth-order valence-electron chi connectivity index (χ4n) is 2.67. The predicted octanol–water partition coefficient (Wildman–Crippen LogP) is 3.07. The van der Waals surface area contributed by atoms with Gasteiger partial charge in [0.25, 0.3) is 5.91 Å². The number of amides is 2. The number of hydrogen-bond acceptors (Lipinski definition) is 3. The van der Waals surface area contributed by atoms with Crippen molar-refractivity contribution in [1.82, 2.24) is 10.9 Å². The van der Waals surface area contributed by atoms with Gasteiger partial charge in [-0.3, -0.25) is 20.4 Å². The first-order chi connectivity index (χ1) is 9.99. The summed E-state index contributed by atoms with van der Waals surface area (Å²) in [6, 6.07) is 1.99. The molecule has 21 heavy (non-hydrogen) atoms. The predicted molar refractivity (Wildman–Crippen MR) is 85.2 cm³/mol. The Bertz CT molecular complexity index is 522. The van der Waals surface area contributed by atoms with Gasteiger partial charge >= 0.3 is 0 Å². The van der Waals surface area contributed by atoms with E-state index in [0.717, 1.165) is 18.8 Å². The van der Waals surface area contributed by atoms with E-state index in [0.29, 0.717) is 11.3 Å². The van der Waals surface area contributed by atoms with Crippen LogP contribution in [0.1, 0.15) is 60.1 Å². The van der Waals surface area contributed by atoms with Gasteiger partial charge in [0, 0.05) is 11.3 Å². The Morgan fingerprint density at radius 2 is 2.14 bits per heavy atom. The summed E-state index contributed by atoms with van der Waals surface area (Å²) in [6.45, 7) is 6.16. The summed E-state index contributed by atoms with van der Waals surface area (Å²) in [5, 5.41) is 0. The largest absolute Gasteiger partial charge is 0.279 e. The standard InChI is InChI=1S/C16H24N2O2S/c1-4-11-5-6-13-12(8-11)9-14(21-13)16(20)18-17-15(19)7-10(2)3/h9-11H,4-8H2,1-3H3,(H,17,19)(H,18,20)/t11-/m1/s1. The second-order valence-corrected chi connectivity index (χ2v) is 7.31. The highest BCUT2D eigenvalue weighted by atomic mass is 32.1. The molecule has 2 rings (SSSR count). The Kier molecular flexibility index (Phi) is 5.39. The van der Waals surface area contributed by atoms with E-state index in [4.69, 9.17) is 0 Å². The average molecular weight is 308 g/mol. The highest BCUT2D eigenvalue weighted by Crippen LogP contribution is 2.33. The third-order valence-corrected chi connectivity index (χ3v) is 5.13. The summed E-state index contributed by atoms with van der Waals surface area (Å²) in [5.41, 5.74) is 6.31. The Morgan fingerprint density at radius 3 is 2.81 bits per heavy atom. The lowest BCUT2D eigenvalue weighted by Gasteiger charge is -2.19. The van der Waals surface area contributed by atoms with Gasteiger partial charge in [-0.15, -0.1) is 11.3 Å². The number of carbonyl (C=O) groups is 2. The summed E-state index contributed by atoms with van der Waals surface area (Å²) in [4.78, 5) is 25.7. The van der Waals surface area contributed by atoms with E-state index in [1.807, 2.05) is 19.9 Å². The molecule has 1 aliphatic rings. The average Bonchev–Trinajstić information content (AvgIpc) is 2.86. The minimum absolute atomic E-state index is 0.147. The molecule has 0 radical (unpaired) electrons. The van der Waals surface area contributed by atoms with Gasteiger partial charge in [0.1, 0.15) is 0 Å². The third kappa shape index (κ3) is 4.30. The highest BCUT2D eigenvalue weighted by molar-refractivity contribution is 7.14. The molecule has 5 heteroatoms. The molecular weight excluding hydrogens is 284 g/mol. The van der Waals surface area contributed by atoms with Crippen molar-refractivity contribution in [3.8, 4) is 0 Å². The number of aryl methyl sites for hydroxylation is 1. The van der Waals surface area contributed by atoms with Gasteiger partial charge in [-0.25, -0.2) is 0 Å². The molecule has 0 saturated carbocycles. The first kappa shape index (κ1) is 16.0. The van der Waals surface area contributed by atoms with Crippen LogP contribution in [0.5, 0.6) is 0 Å². The zero-order valence-corrected chi connectivity index (χ0v) is 13.8. The van der Waals surface area contributed by atoms with E-state index in [9.17, 15) is 9.59 Å². The lowest BCUT2D eigenvalue weighted by atomic mass is 9.87. The third-order valence-electron chi connectivity index (χ3n) is 3.90. The van der Waals surface area contributed by atoms with Crippen LogP contribution in [0.3, 0.4) is 0 Å². The molecule has 116 valence electrons. The monoisotopic (exact) mass is 308 g/mol. The van der Waals surface area contributed by atoms with Crippen LogP contribution in [0.2, 0.25) is 0 Å². The molecular formula is C16H24N2O2S. The van der Waals surface area contributed by atoms with E-state index in [1.165, 1.54) is 23.3 Å². The van der Waals surface area contributed by atoms with Crippen molar-refractivity contribution in [2.24, 2.45) is 11.8 Å². The van der Waals surface area contributed by atoms with Crippen LogP contribution >= 0.6 is 11.3 Å². The molecule has 4 nitrogen and oxygen atoms in total. The molecule has 0 bridgehead atoms. The van der Waals surface area contributed by atoms with Crippen molar-refractivity contribution in [3.05, 3.63) is 21.4 Å². The highest BCUT2D eigenvalue weighted by Gasteiger charge is 2.22. The van der Waals surface area contributed by atoms with Crippen molar-refractivity contribution in [3.63, 3.8) is 0 Å². The van der Waals surface area contributed by atoms with E-state index in [1.54, 1.807) is 11.3 Å². The number of thiophene rings is 1.